The van der Waals surface area contributed by atoms with Crippen molar-refractivity contribution < 1.29 is 9.53 Å². The van der Waals surface area contributed by atoms with E-state index in [0.29, 0.717) is 18.0 Å². The molecule has 0 bridgehead atoms. The number of ether oxygens (including phenoxy) is 1. The lowest BCUT2D eigenvalue weighted by atomic mass is 10.0. The quantitative estimate of drug-likeness (QED) is 0.674. The first kappa shape index (κ1) is 17.8. The Balaban J connectivity index is 1.99. The maximum Gasteiger partial charge on any atom is 0.345 e. The number of hydrogen-bond donors (Lipinski definition) is 1. The van der Waals surface area contributed by atoms with E-state index in [1.807, 2.05) is 38.1 Å². The van der Waals surface area contributed by atoms with E-state index < -0.39 is 5.97 Å². The summed E-state index contributed by atoms with van der Waals surface area (Å²) in [5.41, 5.74) is 5.29. The summed E-state index contributed by atoms with van der Waals surface area (Å²) in [6.45, 7) is 5.84. The van der Waals surface area contributed by atoms with Crippen LogP contribution >= 0.6 is 0 Å². The number of esters is 1. The Morgan fingerprint density at radius 1 is 1.42 bits per heavy atom. The first-order valence-electron chi connectivity index (χ1n) is 8.70. The Labute approximate surface area is 151 Å². The summed E-state index contributed by atoms with van der Waals surface area (Å²) in [5.74, 6) is -0.155. The summed E-state index contributed by atoms with van der Waals surface area (Å²) in [5, 5.41) is 4.47. The molecule has 7 nitrogen and oxygen atoms in total. The predicted octanol–water partition coefficient (Wildman–Crippen LogP) is 2.90. The number of fused-ring (bicyclic) bond motifs is 1. The van der Waals surface area contributed by atoms with Crippen molar-refractivity contribution in [1.29, 1.82) is 0 Å². The van der Waals surface area contributed by atoms with Crippen molar-refractivity contribution in [3.8, 4) is 0 Å². The molecule has 0 radical (unpaired) electrons. The van der Waals surface area contributed by atoms with Crippen LogP contribution in [0.25, 0.3) is 0 Å². The summed E-state index contributed by atoms with van der Waals surface area (Å²) in [7, 11) is 0. The second-order valence-electron chi connectivity index (χ2n) is 6.26. The van der Waals surface area contributed by atoms with Crippen LogP contribution < -0.4 is 11.0 Å². The van der Waals surface area contributed by atoms with E-state index in [0.717, 1.165) is 17.7 Å². The highest BCUT2D eigenvalue weighted by molar-refractivity contribution is 5.99. The molecule has 2 aromatic rings. The molecule has 26 heavy (non-hydrogen) atoms. The second kappa shape index (κ2) is 7.51. The van der Waals surface area contributed by atoms with Gasteiger partial charge in [0.15, 0.2) is 5.82 Å². The minimum absolute atomic E-state index is 0.0458. The topological polar surface area (TPSA) is 85.6 Å². The predicted molar refractivity (Wildman–Crippen MR) is 99.7 cm³/mol. The van der Waals surface area contributed by atoms with Crippen LogP contribution in [0.15, 0.2) is 40.4 Å². The minimum atomic E-state index is -0.644. The number of para-hydroxylation sites is 1. The van der Waals surface area contributed by atoms with E-state index in [2.05, 4.69) is 15.5 Å². The highest BCUT2D eigenvalue weighted by Gasteiger charge is 2.27. The fourth-order valence-corrected chi connectivity index (χ4v) is 2.96. The molecule has 0 saturated heterocycles. The number of carbonyl (C=O) groups excluding carboxylic acids is 1. The molecule has 1 aromatic carbocycles. The van der Waals surface area contributed by atoms with E-state index in [1.165, 1.54) is 10.8 Å². The zero-order valence-electron chi connectivity index (χ0n) is 15.2. The monoisotopic (exact) mass is 354 g/mol. The van der Waals surface area contributed by atoms with Crippen molar-refractivity contribution in [3.63, 3.8) is 0 Å². The zero-order chi connectivity index (χ0) is 18.7. The van der Waals surface area contributed by atoms with Crippen LogP contribution in [-0.4, -0.2) is 27.8 Å². The molecule has 7 heteroatoms. The van der Waals surface area contributed by atoms with E-state index >= 15 is 0 Å². The third-order valence-electron chi connectivity index (χ3n) is 4.44. The number of carbonyl (C=O) groups is 1. The Kier molecular flexibility index (Phi) is 5.16. The van der Waals surface area contributed by atoms with Gasteiger partial charge in [0, 0.05) is 12.2 Å². The van der Waals surface area contributed by atoms with Gasteiger partial charge in [-0.2, -0.15) is 5.10 Å². The molecule has 0 fully saturated rings. The smallest absolute Gasteiger partial charge is 0.345 e. The molecule has 1 N–H and O–H groups in total. The number of hydrazone groups is 1. The molecular formula is C19H22N4O3. The largest absolute Gasteiger partial charge is 0.462 e. The van der Waals surface area contributed by atoms with Gasteiger partial charge in [-0.15, -0.1) is 0 Å². The highest BCUT2D eigenvalue weighted by Crippen LogP contribution is 2.22. The van der Waals surface area contributed by atoms with Crippen molar-refractivity contribution >= 4 is 17.4 Å². The van der Waals surface area contributed by atoms with Crippen molar-refractivity contribution in [2.24, 2.45) is 5.10 Å². The molecule has 1 aliphatic heterocycles. The molecule has 0 amide bonds. The Bertz CT molecular complexity index is 917. The van der Waals surface area contributed by atoms with E-state index in [1.54, 1.807) is 6.92 Å². The van der Waals surface area contributed by atoms with Crippen molar-refractivity contribution in [2.45, 2.75) is 39.7 Å². The van der Waals surface area contributed by atoms with Crippen LogP contribution in [0.1, 0.15) is 54.5 Å². The summed E-state index contributed by atoms with van der Waals surface area (Å²) in [6, 6.07) is 7.77. The number of hydrogen-bond acceptors (Lipinski definition) is 6. The van der Waals surface area contributed by atoms with Crippen LogP contribution in [0.4, 0.5) is 5.69 Å². The number of aryl methyl sites for hydroxylation is 1. The number of anilines is 1. The first-order chi connectivity index (χ1) is 12.5. The molecule has 1 aliphatic rings. The highest BCUT2D eigenvalue weighted by atomic mass is 16.5. The third-order valence-corrected chi connectivity index (χ3v) is 4.44. The molecule has 0 aliphatic carbocycles. The van der Waals surface area contributed by atoms with Crippen molar-refractivity contribution in [1.82, 2.24) is 9.55 Å². The molecule has 1 atom stereocenters. The summed E-state index contributed by atoms with van der Waals surface area (Å²) < 4.78 is 6.48. The van der Waals surface area contributed by atoms with Crippen LogP contribution in [0.3, 0.4) is 0 Å². The number of aromatic nitrogens is 2. The number of nitrogens with zero attached hydrogens (tertiary/aromatic N) is 3. The molecule has 0 saturated carbocycles. The Morgan fingerprint density at radius 2 is 2.19 bits per heavy atom. The van der Waals surface area contributed by atoms with Crippen LogP contribution in [0, 0.1) is 6.92 Å². The van der Waals surface area contributed by atoms with Crippen LogP contribution in [-0.2, 0) is 4.74 Å². The van der Waals surface area contributed by atoms with Crippen molar-refractivity contribution in [3.05, 3.63) is 57.8 Å². The van der Waals surface area contributed by atoms with E-state index in [9.17, 15) is 9.59 Å². The Morgan fingerprint density at radius 3 is 2.92 bits per heavy atom. The fraction of sp³-hybridized carbons (Fsp3) is 0.368. The third kappa shape index (κ3) is 3.37. The van der Waals surface area contributed by atoms with Crippen molar-refractivity contribution in [2.75, 3.05) is 12.0 Å². The van der Waals surface area contributed by atoms with E-state index in [-0.39, 0.29) is 23.8 Å². The SMILES string of the molecule is CCOC(=O)c1cnc2n(c1=O)C(C)CC/C2=N/Nc1ccccc1C. The zero-order valence-corrected chi connectivity index (χ0v) is 15.2. The molecule has 0 spiro atoms. The normalized spacial score (nSPS) is 17.7. The van der Waals surface area contributed by atoms with Gasteiger partial charge in [-0.3, -0.25) is 14.8 Å². The van der Waals surface area contributed by atoms with Gasteiger partial charge < -0.3 is 4.74 Å². The summed E-state index contributed by atoms with van der Waals surface area (Å²) >= 11 is 0. The van der Waals surface area contributed by atoms with Gasteiger partial charge >= 0.3 is 5.97 Å². The summed E-state index contributed by atoms with van der Waals surface area (Å²) in [6.07, 6.45) is 2.73. The maximum atomic E-state index is 12.8. The lowest BCUT2D eigenvalue weighted by Crippen LogP contribution is -2.37. The first-order valence-corrected chi connectivity index (χ1v) is 8.70. The standard InChI is InChI=1S/C19H22N4O3/c1-4-26-19(25)14-11-20-17-16(10-9-13(3)23(17)18(14)24)22-21-15-8-6-5-7-12(15)2/h5-8,11,13,21H,4,9-10H2,1-3H3/b22-16-. The minimum Gasteiger partial charge on any atom is -0.462 e. The van der Waals surface area contributed by atoms with E-state index in [4.69, 9.17) is 4.74 Å². The average molecular weight is 354 g/mol. The molecule has 136 valence electrons. The average Bonchev–Trinajstić information content (AvgIpc) is 2.62. The molecule has 1 unspecified atom stereocenters. The molecule has 1 aromatic heterocycles. The second-order valence-corrected chi connectivity index (χ2v) is 6.26. The van der Waals surface area contributed by atoms with Gasteiger partial charge in [0.25, 0.3) is 5.56 Å². The van der Waals surface area contributed by atoms with Gasteiger partial charge in [0.1, 0.15) is 11.3 Å². The van der Waals surface area contributed by atoms with Gasteiger partial charge in [0.05, 0.1) is 12.3 Å². The molecule has 2 heterocycles. The lowest BCUT2D eigenvalue weighted by molar-refractivity contribution is 0.0522. The van der Waals surface area contributed by atoms with Gasteiger partial charge in [-0.25, -0.2) is 9.78 Å². The maximum absolute atomic E-state index is 12.8. The molecular weight excluding hydrogens is 332 g/mol. The van der Waals surface area contributed by atoms with Crippen LogP contribution in [0.5, 0.6) is 0 Å². The van der Waals surface area contributed by atoms with Gasteiger partial charge in [-0.05, 0) is 45.2 Å². The van der Waals surface area contributed by atoms with Gasteiger partial charge in [0.2, 0.25) is 0 Å². The number of nitrogens with one attached hydrogen (secondary N) is 1. The number of benzene rings is 1. The summed E-state index contributed by atoms with van der Waals surface area (Å²) in [4.78, 5) is 29.1. The number of rotatable bonds is 4. The molecule has 3 rings (SSSR count). The Hall–Kier alpha value is -2.96. The van der Waals surface area contributed by atoms with Gasteiger partial charge in [-0.1, -0.05) is 18.2 Å². The fourth-order valence-electron chi connectivity index (χ4n) is 2.96. The van der Waals surface area contributed by atoms with Crippen LogP contribution in [0.2, 0.25) is 0 Å². The lowest BCUT2D eigenvalue weighted by Gasteiger charge is -2.25.